The number of carbonyl (C=O) groups excluding carboxylic acids is 2. The number of ether oxygens (including phenoxy) is 2. The number of rotatable bonds is 8. The van der Waals surface area contributed by atoms with Crippen LogP contribution >= 0.6 is 11.3 Å². The Morgan fingerprint density at radius 3 is 2.59 bits per heavy atom. The molecule has 2 atom stereocenters. The summed E-state index contributed by atoms with van der Waals surface area (Å²) in [5.41, 5.74) is 6.79. The molecule has 1 aliphatic carbocycles. The van der Waals surface area contributed by atoms with Gasteiger partial charge in [0.05, 0.1) is 22.4 Å². The average molecular weight is 569 g/mol. The van der Waals surface area contributed by atoms with Crippen molar-refractivity contribution in [2.75, 3.05) is 24.9 Å². The fourth-order valence-electron chi connectivity index (χ4n) is 5.47. The number of nitrogens with two attached hydrogens (primary N) is 1. The van der Waals surface area contributed by atoms with E-state index < -0.39 is 27.2 Å². The van der Waals surface area contributed by atoms with Gasteiger partial charge in [-0.05, 0) is 67.6 Å². The van der Waals surface area contributed by atoms with Gasteiger partial charge in [0.15, 0.2) is 26.5 Å². The van der Waals surface area contributed by atoms with Crippen molar-refractivity contribution in [3.8, 4) is 11.5 Å². The van der Waals surface area contributed by atoms with Gasteiger partial charge in [-0.1, -0.05) is 29.5 Å². The second kappa shape index (κ2) is 9.61. The number of aromatic nitrogens is 1. The number of fused-ring (bicyclic) bond motifs is 1. The van der Waals surface area contributed by atoms with Gasteiger partial charge in [-0.15, -0.1) is 0 Å². The third kappa shape index (κ3) is 4.77. The fraction of sp³-hybridized carbons (Fsp3) is 0.370. The SMILES string of the molecule is CS(=O)(=O)c1ccc(C(c2cnc(NC(=O)C3(c4ccc5c(c4)OCO5)CC3)s2)N2CCC[C@H]2C(N)=O)cc1. The lowest BCUT2D eigenvalue weighted by Gasteiger charge is -2.31. The van der Waals surface area contributed by atoms with E-state index in [4.69, 9.17) is 15.2 Å². The summed E-state index contributed by atoms with van der Waals surface area (Å²) in [4.78, 5) is 33.2. The predicted octanol–water partition coefficient (Wildman–Crippen LogP) is 2.98. The van der Waals surface area contributed by atoms with Crippen LogP contribution in [0.4, 0.5) is 5.13 Å². The van der Waals surface area contributed by atoms with Gasteiger partial charge in [0.2, 0.25) is 18.6 Å². The Morgan fingerprint density at radius 1 is 1.15 bits per heavy atom. The molecule has 0 spiro atoms. The lowest BCUT2D eigenvalue weighted by atomic mass is 9.94. The lowest BCUT2D eigenvalue weighted by Crippen LogP contribution is -2.42. The number of likely N-dealkylation sites (tertiary alicyclic amines) is 1. The van der Waals surface area contributed by atoms with Crippen LogP contribution < -0.4 is 20.5 Å². The molecular weight excluding hydrogens is 540 g/mol. The minimum atomic E-state index is -3.36. The standard InChI is InChI=1S/C27H28N4O6S2/c1-39(34,35)18-7-4-16(5-8-18)23(31-12-2-3-19(31)24(28)32)22-14-29-26(38-22)30-25(33)27(10-11-27)17-6-9-20-21(13-17)37-15-36-20/h4-9,13-14,19,23H,2-3,10-12,15H2,1H3,(H2,28,32)(H,29,30,33)/t19-,23?/m0/s1. The van der Waals surface area contributed by atoms with Gasteiger partial charge in [-0.3, -0.25) is 14.5 Å². The van der Waals surface area contributed by atoms with Crippen molar-refractivity contribution in [2.45, 2.75) is 48.1 Å². The van der Waals surface area contributed by atoms with Crippen molar-refractivity contribution in [2.24, 2.45) is 5.73 Å². The summed E-state index contributed by atoms with van der Waals surface area (Å²) in [5.74, 6) is 0.781. The van der Waals surface area contributed by atoms with Crippen molar-refractivity contribution in [1.82, 2.24) is 9.88 Å². The molecule has 6 rings (SSSR count). The number of hydrogen-bond donors (Lipinski definition) is 2. The smallest absolute Gasteiger partial charge is 0.236 e. The quantitative estimate of drug-likeness (QED) is 0.423. The number of nitrogens with one attached hydrogen (secondary N) is 1. The summed E-state index contributed by atoms with van der Waals surface area (Å²) in [7, 11) is -3.36. The third-order valence-electron chi connectivity index (χ3n) is 7.70. The van der Waals surface area contributed by atoms with E-state index in [2.05, 4.69) is 10.3 Å². The number of sulfone groups is 1. The molecule has 3 aliphatic rings. The molecule has 12 heteroatoms. The highest BCUT2D eigenvalue weighted by atomic mass is 32.2. The monoisotopic (exact) mass is 568 g/mol. The third-order valence-corrected chi connectivity index (χ3v) is 9.80. The van der Waals surface area contributed by atoms with E-state index in [1.54, 1.807) is 30.5 Å². The van der Waals surface area contributed by atoms with Crippen molar-refractivity contribution < 1.29 is 27.5 Å². The summed E-state index contributed by atoms with van der Waals surface area (Å²) in [6.07, 6.45) is 5.77. The van der Waals surface area contributed by atoms with Crippen molar-refractivity contribution in [3.05, 3.63) is 64.7 Å². The highest BCUT2D eigenvalue weighted by Gasteiger charge is 2.52. The van der Waals surface area contributed by atoms with Crippen LogP contribution in [0.15, 0.2) is 53.6 Å². The van der Waals surface area contributed by atoms with E-state index in [-0.39, 0.29) is 23.6 Å². The number of anilines is 1. The molecule has 2 aliphatic heterocycles. The number of thiazole rings is 1. The maximum atomic E-state index is 13.4. The maximum Gasteiger partial charge on any atom is 0.236 e. The molecule has 0 radical (unpaired) electrons. The van der Waals surface area contributed by atoms with Crippen LogP contribution in [-0.2, 0) is 24.8 Å². The summed E-state index contributed by atoms with van der Waals surface area (Å²) in [6.45, 7) is 0.824. The summed E-state index contributed by atoms with van der Waals surface area (Å²) < 4.78 is 34.9. The number of amides is 2. The molecule has 1 saturated heterocycles. The number of carbonyl (C=O) groups is 2. The van der Waals surface area contributed by atoms with Gasteiger partial charge in [0.25, 0.3) is 0 Å². The molecule has 3 N–H and O–H groups in total. The summed E-state index contributed by atoms with van der Waals surface area (Å²) in [6, 6.07) is 11.4. The predicted molar refractivity (Wildman–Crippen MR) is 145 cm³/mol. The van der Waals surface area contributed by atoms with Gasteiger partial charge >= 0.3 is 0 Å². The Kier molecular flexibility index (Phi) is 6.35. The Bertz CT molecular complexity index is 1550. The normalized spacial score (nSPS) is 20.5. The summed E-state index contributed by atoms with van der Waals surface area (Å²) in [5, 5.41) is 3.45. The van der Waals surface area contributed by atoms with Crippen LogP contribution in [-0.4, -0.2) is 55.8 Å². The van der Waals surface area contributed by atoms with Crippen LogP contribution in [0.1, 0.15) is 47.7 Å². The number of hydrogen-bond acceptors (Lipinski definition) is 9. The van der Waals surface area contributed by atoms with E-state index in [9.17, 15) is 18.0 Å². The summed E-state index contributed by atoms with van der Waals surface area (Å²) >= 11 is 1.33. The first-order valence-corrected chi connectivity index (χ1v) is 15.4. The van der Waals surface area contributed by atoms with Gasteiger partial charge in [-0.2, -0.15) is 0 Å². The van der Waals surface area contributed by atoms with Crippen LogP contribution in [0.2, 0.25) is 0 Å². The second-order valence-corrected chi connectivity index (χ2v) is 13.3. The Hall–Kier alpha value is -3.48. The largest absolute Gasteiger partial charge is 0.454 e. The van der Waals surface area contributed by atoms with E-state index in [1.165, 1.54) is 11.3 Å². The van der Waals surface area contributed by atoms with E-state index >= 15 is 0 Å². The molecule has 0 bridgehead atoms. The van der Waals surface area contributed by atoms with Gasteiger partial charge in [0.1, 0.15) is 0 Å². The van der Waals surface area contributed by atoms with E-state index in [0.29, 0.717) is 29.6 Å². The first-order chi connectivity index (χ1) is 18.7. The molecule has 3 heterocycles. The molecule has 2 aromatic carbocycles. The molecule has 2 amide bonds. The van der Waals surface area contributed by atoms with Gasteiger partial charge in [-0.25, -0.2) is 13.4 Å². The topological polar surface area (TPSA) is 141 Å². The molecule has 1 saturated carbocycles. The van der Waals surface area contributed by atoms with E-state index in [0.717, 1.165) is 41.5 Å². The van der Waals surface area contributed by atoms with Gasteiger partial charge in [0, 0.05) is 17.3 Å². The molecule has 3 aromatic rings. The highest BCUT2D eigenvalue weighted by Crippen LogP contribution is 2.51. The van der Waals surface area contributed by atoms with Crippen LogP contribution in [0, 0.1) is 0 Å². The maximum absolute atomic E-state index is 13.4. The average Bonchev–Trinajstić information content (AvgIpc) is 3.24. The molecule has 2 fully saturated rings. The first-order valence-electron chi connectivity index (χ1n) is 12.7. The number of nitrogens with zero attached hydrogens (tertiary/aromatic N) is 2. The van der Waals surface area contributed by atoms with Crippen molar-refractivity contribution in [3.63, 3.8) is 0 Å². The molecule has 1 unspecified atom stereocenters. The minimum absolute atomic E-state index is 0.132. The second-order valence-electron chi connectivity index (χ2n) is 10.2. The highest BCUT2D eigenvalue weighted by molar-refractivity contribution is 7.90. The van der Waals surface area contributed by atoms with Crippen molar-refractivity contribution in [1.29, 1.82) is 0 Å². The molecular formula is C27H28N4O6S2. The molecule has 10 nitrogen and oxygen atoms in total. The zero-order chi connectivity index (χ0) is 27.4. The van der Waals surface area contributed by atoms with Crippen LogP contribution in [0.25, 0.3) is 0 Å². The minimum Gasteiger partial charge on any atom is -0.454 e. The molecule has 1 aromatic heterocycles. The lowest BCUT2D eigenvalue weighted by molar-refractivity contribution is -0.122. The molecule has 39 heavy (non-hydrogen) atoms. The van der Waals surface area contributed by atoms with Crippen LogP contribution in [0.5, 0.6) is 11.5 Å². The first kappa shape index (κ1) is 25.8. The van der Waals surface area contributed by atoms with E-state index in [1.807, 2.05) is 23.1 Å². The van der Waals surface area contributed by atoms with Crippen molar-refractivity contribution >= 4 is 38.1 Å². The molecule has 204 valence electrons. The Labute approximate surface area is 230 Å². The van der Waals surface area contributed by atoms with Crippen LogP contribution in [0.3, 0.4) is 0 Å². The number of benzene rings is 2. The Balaban J connectivity index is 1.28. The zero-order valence-corrected chi connectivity index (χ0v) is 22.9. The Morgan fingerprint density at radius 2 is 1.90 bits per heavy atom. The zero-order valence-electron chi connectivity index (χ0n) is 21.3. The number of primary amides is 1. The fourth-order valence-corrected chi connectivity index (χ4v) is 7.07. The van der Waals surface area contributed by atoms with Gasteiger partial charge < -0.3 is 20.5 Å².